The highest BCUT2D eigenvalue weighted by Crippen LogP contribution is 2.26. The quantitative estimate of drug-likeness (QED) is 0.190. The number of likely N-dealkylation sites (tertiary alicyclic amines) is 1. The number of hydrogen-bond acceptors (Lipinski definition) is 4. The molecule has 0 radical (unpaired) electrons. The summed E-state index contributed by atoms with van der Waals surface area (Å²) >= 11 is 6.34. The number of carbonyl (C=O) groups is 1. The minimum absolute atomic E-state index is 0. The van der Waals surface area contributed by atoms with Crippen LogP contribution in [0.1, 0.15) is 64.7 Å². The average Bonchev–Trinajstić information content (AvgIpc) is 3.14. The number of fused-ring (bicyclic) bond motifs is 1. The Morgan fingerprint density at radius 2 is 1.39 bits per heavy atom. The van der Waals surface area contributed by atoms with Crippen molar-refractivity contribution in [3.8, 4) is 0 Å². The fraction of sp³-hybridized carbons (Fsp3) is 0.424. The van der Waals surface area contributed by atoms with Crippen molar-refractivity contribution in [3.63, 3.8) is 0 Å². The molecule has 2 heterocycles. The molecule has 41 heavy (non-hydrogen) atoms. The van der Waals surface area contributed by atoms with Crippen LogP contribution in [0.5, 0.6) is 0 Å². The van der Waals surface area contributed by atoms with Crippen LogP contribution in [0.2, 0.25) is 5.02 Å². The number of piperidine rings is 1. The van der Waals surface area contributed by atoms with Gasteiger partial charge < -0.3 is 5.73 Å². The topological polar surface area (TPSA) is 49.6 Å². The molecular formula is C33H43Cl4N3O. The SMILES string of the molecule is Cl.Cl.Cl.Nc1ccccc1CN1CCc2ccc(C(=O)CCCC3CCN(Cc4ccccc4Cl)CC3)cc2CC1. The van der Waals surface area contributed by atoms with Gasteiger partial charge in [0.2, 0.25) is 0 Å². The highest BCUT2D eigenvalue weighted by Gasteiger charge is 2.21. The van der Waals surface area contributed by atoms with Crippen LogP contribution < -0.4 is 5.73 Å². The van der Waals surface area contributed by atoms with Crippen molar-refractivity contribution in [2.45, 2.75) is 58.0 Å². The Kier molecular flexibility index (Phi) is 15.0. The van der Waals surface area contributed by atoms with Crippen LogP contribution in [0.15, 0.2) is 66.7 Å². The van der Waals surface area contributed by atoms with E-state index in [4.69, 9.17) is 17.3 Å². The third-order valence-electron chi connectivity index (χ3n) is 8.45. The zero-order valence-electron chi connectivity index (χ0n) is 23.6. The lowest BCUT2D eigenvalue weighted by atomic mass is 9.90. The number of nitrogens with two attached hydrogens (primary N) is 1. The lowest BCUT2D eigenvalue weighted by Gasteiger charge is -2.32. The van der Waals surface area contributed by atoms with Gasteiger partial charge in [-0.2, -0.15) is 0 Å². The van der Waals surface area contributed by atoms with Crippen LogP contribution in [0.25, 0.3) is 0 Å². The van der Waals surface area contributed by atoms with Gasteiger partial charge in [0.1, 0.15) is 0 Å². The lowest BCUT2D eigenvalue weighted by Crippen LogP contribution is -2.33. The molecule has 0 aromatic heterocycles. The Morgan fingerprint density at radius 1 is 0.780 bits per heavy atom. The first kappa shape index (κ1) is 35.4. The molecule has 0 amide bonds. The molecule has 2 N–H and O–H groups in total. The van der Waals surface area contributed by atoms with Crippen molar-refractivity contribution in [2.75, 3.05) is 31.9 Å². The summed E-state index contributed by atoms with van der Waals surface area (Å²) in [4.78, 5) is 18.0. The van der Waals surface area contributed by atoms with Gasteiger partial charge in [-0.3, -0.25) is 14.6 Å². The Bertz CT molecular complexity index is 1250. The van der Waals surface area contributed by atoms with Crippen LogP contribution in [0, 0.1) is 5.92 Å². The number of para-hydroxylation sites is 1. The summed E-state index contributed by atoms with van der Waals surface area (Å²) in [6, 6.07) is 22.7. The summed E-state index contributed by atoms with van der Waals surface area (Å²) in [5, 5.41) is 0.862. The number of anilines is 1. The third kappa shape index (κ3) is 9.88. The van der Waals surface area contributed by atoms with E-state index in [1.54, 1.807) is 0 Å². The normalized spacial score (nSPS) is 15.9. The second-order valence-electron chi connectivity index (χ2n) is 11.1. The first-order valence-electron chi connectivity index (χ1n) is 14.2. The van der Waals surface area contributed by atoms with Crippen molar-refractivity contribution in [2.24, 2.45) is 5.92 Å². The van der Waals surface area contributed by atoms with Crippen molar-refractivity contribution in [1.82, 2.24) is 9.80 Å². The second-order valence-corrected chi connectivity index (χ2v) is 11.5. The Hall–Kier alpha value is -1.79. The maximum absolute atomic E-state index is 13.0. The summed E-state index contributed by atoms with van der Waals surface area (Å²) in [6.45, 7) is 6.05. The molecule has 0 bridgehead atoms. The standard InChI is InChI=1S/C33H40ClN3O.3ClH/c34-31-9-3-1-7-29(31)23-36-18-14-25(15-19-36)6-5-11-33(38)28-13-12-26-16-20-37(21-17-27(26)22-28)24-30-8-2-4-10-32(30)35;;;/h1-4,7-10,12-13,22,25H,5-6,11,14-21,23-24,35H2;3*1H. The fourth-order valence-electron chi connectivity index (χ4n) is 6.02. The molecule has 8 heteroatoms. The highest BCUT2D eigenvalue weighted by molar-refractivity contribution is 6.31. The number of benzene rings is 3. The van der Waals surface area contributed by atoms with E-state index in [-0.39, 0.29) is 37.2 Å². The first-order valence-corrected chi connectivity index (χ1v) is 14.6. The van der Waals surface area contributed by atoms with Crippen molar-refractivity contribution < 1.29 is 4.79 Å². The van der Waals surface area contributed by atoms with E-state index in [1.165, 1.54) is 35.1 Å². The fourth-order valence-corrected chi connectivity index (χ4v) is 6.21. The van der Waals surface area contributed by atoms with Crippen LogP contribution in [-0.4, -0.2) is 41.8 Å². The molecule has 0 spiro atoms. The van der Waals surface area contributed by atoms with Gasteiger partial charge in [0.15, 0.2) is 5.78 Å². The molecule has 5 rings (SSSR count). The summed E-state index contributed by atoms with van der Waals surface area (Å²) in [5.74, 6) is 1.02. The van der Waals surface area contributed by atoms with Crippen molar-refractivity contribution >= 4 is 60.3 Å². The number of halogens is 4. The van der Waals surface area contributed by atoms with E-state index in [2.05, 4.69) is 52.3 Å². The van der Waals surface area contributed by atoms with Gasteiger partial charge in [-0.1, -0.05) is 60.1 Å². The van der Waals surface area contributed by atoms with Gasteiger partial charge >= 0.3 is 0 Å². The molecule has 4 nitrogen and oxygen atoms in total. The molecule has 0 atom stereocenters. The van der Waals surface area contributed by atoms with Gasteiger partial charge in [-0.05, 0) is 98.0 Å². The Labute approximate surface area is 269 Å². The van der Waals surface area contributed by atoms with Gasteiger partial charge in [0, 0.05) is 48.9 Å². The molecule has 3 aromatic carbocycles. The Balaban J connectivity index is 0.00000196. The zero-order valence-corrected chi connectivity index (χ0v) is 26.8. The summed E-state index contributed by atoms with van der Waals surface area (Å²) in [7, 11) is 0. The van der Waals surface area contributed by atoms with Crippen LogP contribution in [-0.2, 0) is 25.9 Å². The van der Waals surface area contributed by atoms with Crippen LogP contribution in [0.3, 0.4) is 0 Å². The number of carbonyl (C=O) groups excluding carboxylic acids is 1. The van der Waals surface area contributed by atoms with Gasteiger partial charge in [-0.25, -0.2) is 0 Å². The van der Waals surface area contributed by atoms with Crippen LogP contribution >= 0.6 is 48.8 Å². The molecule has 2 aliphatic heterocycles. The van der Waals surface area contributed by atoms with E-state index in [0.717, 1.165) is 87.1 Å². The molecule has 1 saturated heterocycles. The summed E-state index contributed by atoms with van der Waals surface area (Å²) < 4.78 is 0. The monoisotopic (exact) mass is 637 g/mol. The Morgan fingerprint density at radius 3 is 2.10 bits per heavy atom. The zero-order chi connectivity index (χ0) is 26.3. The predicted octanol–water partition coefficient (Wildman–Crippen LogP) is 8.05. The van der Waals surface area contributed by atoms with E-state index >= 15 is 0 Å². The van der Waals surface area contributed by atoms with E-state index < -0.39 is 0 Å². The van der Waals surface area contributed by atoms with Gasteiger partial charge in [0.25, 0.3) is 0 Å². The minimum Gasteiger partial charge on any atom is -0.398 e. The van der Waals surface area contributed by atoms with Crippen LogP contribution in [0.4, 0.5) is 5.69 Å². The second kappa shape index (κ2) is 17.4. The van der Waals surface area contributed by atoms with E-state index in [0.29, 0.717) is 12.2 Å². The van der Waals surface area contributed by atoms with Gasteiger partial charge in [-0.15, -0.1) is 37.2 Å². The molecule has 0 aliphatic carbocycles. The summed E-state index contributed by atoms with van der Waals surface area (Å²) in [6.07, 6.45) is 7.20. The number of ketones is 1. The largest absolute Gasteiger partial charge is 0.398 e. The molecule has 2 aliphatic rings. The highest BCUT2D eigenvalue weighted by atomic mass is 35.5. The minimum atomic E-state index is 0. The predicted molar refractivity (Wildman–Crippen MR) is 179 cm³/mol. The molecule has 1 fully saturated rings. The number of hydrogen-bond donors (Lipinski definition) is 1. The molecule has 224 valence electrons. The maximum atomic E-state index is 13.0. The number of nitrogen functional groups attached to an aromatic ring is 1. The van der Waals surface area contributed by atoms with Gasteiger partial charge in [0.05, 0.1) is 0 Å². The molecular weight excluding hydrogens is 596 g/mol. The smallest absolute Gasteiger partial charge is 0.162 e. The first-order chi connectivity index (χ1) is 18.5. The number of Topliss-reactive ketones (excluding diaryl/α,β-unsaturated/α-hetero) is 1. The van der Waals surface area contributed by atoms with Crippen molar-refractivity contribution in [3.05, 3.63) is 99.6 Å². The average molecular weight is 640 g/mol. The molecule has 0 saturated carbocycles. The van der Waals surface area contributed by atoms with E-state index in [9.17, 15) is 4.79 Å². The number of rotatable bonds is 9. The lowest BCUT2D eigenvalue weighted by molar-refractivity contribution is 0.0974. The van der Waals surface area contributed by atoms with E-state index in [1.807, 2.05) is 24.3 Å². The summed E-state index contributed by atoms with van der Waals surface area (Å²) in [5.41, 5.74) is 13.1. The maximum Gasteiger partial charge on any atom is 0.162 e. The van der Waals surface area contributed by atoms with Crippen molar-refractivity contribution in [1.29, 1.82) is 0 Å². The third-order valence-corrected chi connectivity index (χ3v) is 8.82. The molecule has 0 unspecified atom stereocenters. The number of nitrogens with zero attached hydrogens (tertiary/aromatic N) is 2. The molecule has 3 aromatic rings.